The molecule has 2 heterocycles. The van der Waals surface area contributed by atoms with Crippen molar-refractivity contribution >= 4 is 35.0 Å². The van der Waals surface area contributed by atoms with E-state index < -0.39 is 12.0 Å². The fourth-order valence-corrected chi connectivity index (χ4v) is 6.25. The third-order valence-electron chi connectivity index (χ3n) is 7.12. The molecular formula is C34H33ClN2O7S. The zero-order valence-electron chi connectivity index (χ0n) is 25.6. The first-order chi connectivity index (χ1) is 21.8. The SMILES string of the molecule is CCOC(=O)C1=C(C)N=c2s/c(=C/c3ccc(OCc4ccc(Cl)cc4)c(OC)c3)c(=O)n2[C@@H]1c1cccc(OC)c1OCC. The molecule has 5 rings (SSSR count). The third-order valence-corrected chi connectivity index (χ3v) is 8.36. The molecule has 0 radical (unpaired) electrons. The van der Waals surface area contributed by atoms with Crippen LogP contribution in [0, 0.1) is 0 Å². The minimum Gasteiger partial charge on any atom is -0.493 e. The maximum atomic E-state index is 14.1. The van der Waals surface area contributed by atoms with Crippen molar-refractivity contribution in [2.45, 2.75) is 33.4 Å². The molecule has 4 aromatic rings. The van der Waals surface area contributed by atoms with Crippen molar-refractivity contribution in [1.29, 1.82) is 0 Å². The molecule has 234 valence electrons. The lowest BCUT2D eigenvalue weighted by molar-refractivity contribution is -0.139. The van der Waals surface area contributed by atoms with Gasteiger partial charge in [0, 0.05) is 10.6 Å². The van der Waals surface area contributed by atoms with Crippen LogP contribution in [0.25, 0.3) is 6.08 Å². The van der Waals surface area contributed by atoms with Gasteiger partial charge >= 0.3 is 5.97 Å². The number of rotatable bonds is 11. The van der Waals surface area contributed by atoms with Crippen molar-refractivity contribution in [3.05, 3.63) is 113 Å². The van der Waals surface area contributed by atoms with Gasteiger partial charge in [-0.15, -0.1) is 0 Å². The molecular weight excluding hydrogens is 616 g/mol. The number of hydrogen-bond acceptors (Lipinski definition) is 9. The average Bonchev–Trinajstić information content (AvgIpc) is 3.34. The van der Waals surface area contributed by atoms with Gasteiger partial charge in [-0.1, -0.05) is 53.3 Å². The topological polar surface area (TPSA) is 97.6 Å². The maximum absolute atomic E-state index is 14.1. The van der Waals surface area contributed by atoms with Crippen LogP contribution in [0.4, 0.5) is 0 Å². The molecule has 0 fully saturated rings. The summed E-state index contributed by atoms with van der Waals surface area (Å²) >= 11 is 7.22. The highest BCUT2D eigenvalue weighted by Crippen LogP contribution is 2.41. The monoisotopic (exact) mass is 648 g/mol. The summed E-state index contributed by atoms with van der Waals surface area (Å²) in [4.78, 5) is 32.6. The number of esters is 1. The first-order valence-electron chi connectivity index (χ1n) is 14.3. The average molecular weight is 649 g/mol. The Labute approximate surface area is 269 Å². The minimum absolute atomic E-state index is 0.171. The first kappa shape index (κ1) is 31.9. The van der Waals surface area contributed by atoms with E-state index in [1.807, 2.05) is 43.3 Å². The number of para-hydroxylation sites is 1. The predicted octanol–water partition coefficient (Wildman–Crippen LogP) is 5.45. The molecule has 0 bridgehead atoms. The number of allylic oxidation sites excluding steroid dienone is 1. The molecule has 1 aromatic heterocycles. The molecule has 0 amide bonds. The molecule has 1 atom stereocenters. The second-order valence-electron chi connectivity index (χ2n) is 9.94. The number of carbonyl (C=O) groups is 1. The van der Waals surface area contributed by atoms with Crippen LogP contribution in [0.2, 0.25) is 5.02 Å². The molecule has 45 heavy (non-hydrogen) atoms. The second-order valence-corrected chi connectivity index (χ2v) is 11.4. The predicted molar refractivity (Wildman–Crippen MR) is 173 cm³/mol. The number of halogens is 1. The summed E-state index contributed by atoms with van der Waals surface area (Å²) in [7, 11) is 3.11. The summed E-state index contributed by atoms with van der Waals surface area (Å²) in [6, 6.07) is 17.4. The van der Waals surface area contributed by atoms with Crippen LogP contribution in [0.1, 0.15) is 43.5 Å². The van der Waals surface area contributed by atoms with Crippen LogP contribution < -0.4 is 33.8 Å². The molecule has 0 spiro atoms. The van der Waals surface area contributed by atoms with Crippen LogP contribution in [-0.2, 0) is 16.1 Å². The van der Waals surface area contributed by atoms with E-state index in [0.717, 1.165) is 11.1 Å². The molecule has 0 N–H and O–H groups in total. The summed E-state index contributed by atoms with van der Waals surface area (Å²) in [5.41, 5.74) is 2.68. The lowest BCUT2D eigenvalue weighted by Gasteiger charge is -2.26. The zero-order valence-corrected chi connectivity index (χ0v) is 27.2. The molecule has 0 saturated carbocycles. The van der Waals surface area contributed by atoms with Crippen molar-refractivity contribution in [1.82, 2.24) is 4.57 Å². The molecule has 0 aliphatic carbocycles. The molecule has 1 aliphatic rings. The number of ether oxygens (including phenoxy) is 5. The van der Waals surface area contributed by atoms with Crippen molar-refractivity contribution in [2.24, 2.45) is 4.99 Å². The Morgan fingerprint density at radius 1 is 0.978 bits per heavy atom. The first-order valence-corrected chi connectivity index (χ1v) is 15.5. The maximum Gasteiger partial charge on any atom is 0.338 e. The number of methoxy groups -OCH3 is 2. The smallest absolute Gasteiger partial charge is 0.338 e. The highest BCUT2D eigenvalue weighted by atomic mass is 35.5. The Morgan fingerprint density at radius 3 is 2.42 bits per heavy atom. The summed E-state index contributed by atoms with van der Waals surface area (Å²) < 4.78 is 30.6. The van der Waals surface area contributed by atoms with Gasteiger partial charge in [-0.2, -0.15) is 0 Å². The standard InChI is InChI=1S/C34H33ClN2O7S/c1-6-42-31-24(9-8-10-26(31)40-4)30-29(33(39)43-7-2)20(3)36-34-37(30)32(38)28(45-34)18-22-13-16-25(27(17-22)41-5)44-19-21-11-14-23(35)15-12-21/h8-18,30H,6-7,19H2,1-5H3/b28-18+/t30-/m1/s1. The highest BCUT2D eigenvalue weighted by molar-refractivity contribution is 7.07. The molecule has 0 unspecified atom stereocenters. The number of thiazole rings is 1. The van der Waals surface area contributed by atoms with E-state index >= 15 is 0 Å². The Bertz CT molecular complexity index is 1930. The molecule has 0 saturated heterocycles. The van der Waals surface area contributed by atoms with Gasteiger partial charge in [-0.3, -0.25) is 9.36 Å². The van der Waals surface area contributed by atoms with Gasteiger partial charge in [-0.05, 0) is 68.3 Å². The molecule has 9 nitrogen and oxygen atoms in total. The van der Waals surface area contributed by atoms with Crippen LogP contribution in [0.3, 0.4) is 0 Å². The van der Waals surface area contributed by atoms with Gasteiger partial charge in [-0.25, -0.2) is 9.79 Å². The quantitative estimate of drug-likeness (QED) is 0.200. The highest BCUT2D eigenvalue weighted by Gasteiger charge is 2.36. The van der Waals surface area contributed by atoms with Gasteiger partial charge in [0.1, 0.15) is 12.6 Å². The zero-order chi connectivity index (χ0) is 32.1. The number of nitrogens with zero attached hydrogens (tertiary/aromatic N) is 2. The summed E-state index contributed by atoms with van der Waals surface area (Å²) in [5.74, 6) is 1.45. The van der Waals surface area contributed by atoms with Crippen LogP contribution >= 0.6 is 22.9 Å². The Morgan fingerprint density at radius 2 is 1.73 bits per heavy atom. The normalized spacial score (nSPS) is 14.4. The second kappa shape index (κ2) is 14.0. The van der Waals surface area contributed by atoms with E-state index in [9.17, 15) is 9.59 Å². The fraction of sp³-hybridized carbons (Fsp3) is 0.265. The lowest BCUT2D eigenvalue weighted by atomic mass is 9.94. The van der Waals surface area contributed by atoms with E-state index in [1.54, 1.807) is 58.4 Å². The molecule has 1 aliphatic heterocycles. The third kappa shape index (κ3) is 6.62. The summed E-state index contributed by atoms with van der Waals surface area (Å²) in [5, 5.41) is 0.655. The molecule has 3 aromatic carbocycles. The van der Waals surface area contributed by atoms with Crippen LogP contribution in [0.5, 0.6) is 23.0 Å². The minimum atomic E-state index is -0.850. The fourth-order valence-electron chi connectivity index (χ4n) is 5.08. The Kier molecular flexibility index (Phi) is 9.95. The number of aromatic nitrogens is 1. The number of fused-ring (bicyclic) bond motifs is 1. The number of hydrogen-bond donors (Lipinski definition) is 0. The van der Waals surface area contributed by atoms with Gasteiger partial charge in [0.15, 0.2) is 27.8 Å². The van der Waals surface area contributed by atoms with Crippen LogP contribution in [-0.4, -0.2) is 38.0 Å². The van der Waals surface area contributed by atoms with Crippen molar-refractivity contribution in [2.75, 3.05) is 27.4 Å². The number of carbonyl (C=O) groups excluding carboxylic acids is 1. The van der Waals surface area contributed by atoms with Gasteiger partial charge in [0.25, 0.3) is 5.56 Å². The number of benzene rings is 3. The summed E-state index contributed by atoms with van der Waals surface area (Å²) in [6.07, 6.45) is 1.77. The van der Waals surface area contributed by atoms with Crippen molar-refractivity contribution in [3.8, 4) is 23.0 Å². The van der Waals surface area contributed by atoms with Crippen molar-refractivity contribution < 1.29 is 28.5 Å². The summed E-state index contributed by atoms with van der Waals surface area (Å²) in [6.45, 7) is 6.19. The largest absolute Gasteiger partial charge is 0.493 e. The van der Waals surface area contributed by atoms with Crippen LogP contribution in [0.15, 0.2) is 81.7 Å². The Hall–Kier alpha value is -4.54. The lowest BCUT2D eigenvalue weighted by Crippen LogP contribution is -2.40. The van der Waals surface area contributed by atoms with E-state index in [1.165, 1.54) is 15.9 Å². The van der Waals surface area contributed by atoms with E-state index in [2.05, 4.69) is 4.99 Å². The Balaban J connectivity index is 1.59. The van der Waals surface area contributed by atoms with Gasteiger partial charge in [0.2, 0.25) is 0 Å². The van der Waals surface area contributed by atoms with E-state index in [-0.39, 0.29) is 17.7 Å². The van der Waals surface area contributed by atoms with E-state index in [0.29, 0.717) is 61.8 Å². The van der Waals surface area contributed by atoms with Gasteiger partial charge in [0.05, 0.1) is 43.2 Å². The van der Waals surface area contributed by atoms with Gasteiger partial charge < -0.3 is 23.7 Å². The van der Waals surface area contributed by atoms with Crippen molar-refractivity contribution in [3.63, 3.8) is 0 Å². The van der Waals surface area contributed by atoms with E-state index in [4.69, 9.17) is 35.3 Å². The molecule has 11 heteroatoms.